The van der Waals surface area contributed by atoms with Crippen molar-refractivity contribution in [3.63, 3.8) is 0 Å². The number of fused-ring (bicyclic) bond motifs is 1. The van der Waals surface area contributed by atoms with E-state index in [1.165, 1.54) is 10.6 Å². The summed E-state index contributed by atoms with van der Waals surface area (Å²) in [6.07, 6.45) is 1.75. The molecule has 2 N–H and O–H groups in total. The molecular formula is C17H21N5O3S. The number of amides is 1. The van der Waals surface area contributed by atoms with E-state index in [2.05, 4.69) is 20.8 Å². The summed E-state index contributed by atoms with van der Waals surface area (Å²) in [5, 5.41) is 0. The van der Waals surface area contributed by atoms with Gasteiger partial charge in [-0.25, -0.2) is 18.4 Å². The van der Waals surface area contributed by atoms with Gasteiger partial charge in [-0.2, -0.15) is 0 Å². The van der Waals surface area contributed by atoms with Crippen molar-refractivity contribution in [3.8, 4) is 0 Å². The Bertz CT molecular complexity index is 954. The molecule has 1 atom stereocenters. The monoisotopic (exact) mass is 375 g/mol. The van der Waals surface area contributed by atoms with Gasteiger partial charge in [-0.1, -0.05) is 0 Å². The van der Waals surface area contributed by atoms with Crippen LogP contribution in [0.5, 0.6) is 0 Å². The molecule has 3 rings (SSSR count). The van der Waals surface area contributed by atoms with Crippen LogP contribution in [0.4, 0.5) is 11.6 Å². The molecule has 0 saturated carbocycles. The minimum atomic E-state index is -3.35. The number of aromatic nitrogens is 2. The van der Waals surface area contributed by atoms with Gasteiger partial charge < -0.3 is 0 Å². The number of rotatable bonds is 4. The molecule has 0 aliphatic carbocycles. The first-order chi connectivity index (χ1) is 12.1. The Kier molecular flexibility index (Phi) is 4.57. The van der Waals surface area contributed by atoms with Crippen LogP contribution in [0.25, 0.3) is 0 Å². The standard InChI is InChI=1S/C17H21N5O3S/c1-10-7-11(2)19-17(18-10)21-20-16(23)13-5-6-15-14(9-13)8-12(3)22(15)26(4,24)25/h5-7,9,12H,8H2,1-4H3,(H,20,23)(H,18,19,21)/t12-/m1/s1. The first-order valence-electron chi connectivity index (χ1n) is 8.16. The van der Waals surface area contributed by atoms with Gasteiger partial charge in [-0.05, 0) is 57.0 Å². The van der Waals surface area contributed by atoms with E-state index in [1.54, 1.807) is 18.2 Å². The summed E-state index contributed by atoms with van der Waals surface area (Å²) in [5.74, 6) is -0.0325. The molecule has 138 valence electrons. The highest BCUT2D eigenvalue weighted by Gasteiger charge is 2.32. The van der Waals surface area contributed by atoms with Crippen molar-refractivity contribution in [2.45, 2.75) is 33.2 Å². The first-order valence-corrected chi connectivity index (χ1v) is 10.0. The number of carbonyl (C=O) groups is 1. The quantitative estimate of drug-likeness (QED) is 0.786. The van der Waals surface area contributed by atoms with Crippen LogP contribution in [0.3, 0.4) is 0 Å². The van der Waals surface area contributed by atoms with Crippen molar-refractivity contribution in [1.82, 2.24) is 15.4 Å². The minimum Gasteiger partial charge on any atom is -0.267 e. The van der Waals surface area contributed by atoms with Gasteiger partial charge >= 0.3 is 0 Å². The molecule has 9 heteroatoms. The van der Waals surface area contributed by atoms with E-state index < -0.39 is 10.0 Å². The second kappa shape index (κ2) is 6.56. The van der Waals surface area contributed by atoms with Gasteiger partial charge in [0.15, 0.2) is 0 Å². The number of aryl methyl sites for hydroxylation is 2. The lowest BCUT2D eigenvalue weighted by Gasteiger charge is -2.21. The Hall–Kier alpha value is -2.68. The molecule has 2 heterocycles. The van der Waals surface area contributed by atoms with Crippen molar-refractivity contribution >= 4 is 27.6 Å². The second-order valence-corrected chi connectivity index (χ2v) is 8.37. The van der Waals surface area contributed by atoms with Gasteiger partial charge in [-0.3, -0.25) is 20.0 Å². The van der Waals surface area contributed by atoms with Crippen molar-refractivity contribution < 1.29 is 13.2 Å². The van der Waals surface area contributed by atoms with Crippen LogP contribution >= 0.6 is 0 Å². The summed E-state index contributed by atoms with van der Waals surface area (Å²) in [6.45, 7) is 5.54. The summed E-state index contributed by atoms with van der Waals surface area (Å²) >= 11 is 0. The Morgan fingerprint density at radius 1 is 1.19 bits per heavy atom. The predicted octanol–water partition coefficient (Wildman–Crippen LogP) is 1.56. The summed E-state index contributed by atoms with van der Waals surface area (Å²) < 4.78 is 25.3. The number of sulfonamides is 1. The Morgan fingerprint density at radius 2 is 1.85 bits per heavy atom. The number of nitrogens with one attached hydrogen (secondary N) is 2. The van der Waals surface area contributed by atoms with E-state index in [9.17, 15) is 13.2 Å². The number of hydrazine groups is 1. The highest BCUT2D eigenvalue weighted by atomic mass is 32.2. The zero-order valence-electron chi connectivity index (χ0n) is 15.1. The average molecular weight is 375 g/mol. The van der Waals surface area contributed by atoms with Gasteiger partial charge in [0.25, 0.3) is 5.91 Å². The lowest BCUT2D eigenvalue weighted by molar-refractivity contribution is 0.0962. The normalized spacial score (nSPS) is 16.3. The molecular weight excluding hydrogens is 354 g/mol. The van der Waals surface area contributed by atoms with E-state index in [0.29, 0.717) is 23.6 Å². The van der Waals surface area contributed by atoms with Crippen molar-refractivity contribution in [2.24, 2.45) is 0 Å². The van der Waals surface area contributed by atoms with Crippen LogP contribution in [0.2, 0.25) is 0 Å². The van der Waals surface area contributed by atoms with Gasteiger partial charge in [-0.15, -0.1) is 0 Å². The number of benzene rings is 1. The Balaban J connectivity index is 1.77. The van der Waals surface area contributed by atoms with Crippen molar-refractivity contribution in [3.05, 3.63) is 46.8 Å². The molecule has 1 aliphatic heterocycles. The summed E-state index contributed by atoms with van der Waals surface area (Å²) in [4.78, 5) is 20.8. The zero-order chi connectivity index (χ0) is 19.1. The molecule has 0 fully saturated rings. The largest absolute Gasteiger partial charge is 0.269 e. The van der Waals surface area contributed by atoms with Gasteiger partial charge in [0.1, 0.15) is 0 Å². The molecule has 2 aromatic rings. The van der Waals surface area contributed by atoms with Crippen molar-refractivity contribution in [2.75, 3.05) is 16.0 Å². The third-order valence-electron chi connectivity index (χ3n) is 4.12. The highest BCUT2D eigenvalue weighted by Crippen LogP contribution is 2.34. The molecule has 1 aromatic heterocycles. The van der Waals surface area contributed by atoms with Crippen LogP contribution in [-0.2, 0) is 16.4 Å². The third-order valence-corrected chi connectivity index (χ3v) is 5.39. The third kappa shape index (κ3) is 3.62. The smallest absolute Gasteiger partial charge is 0.267 e. The van der Waals surface area contributed by atoms with Crippen LogP contribution in [0.15, 0.2) is 24.3 Å². The predicted molar refractivity (Wildman–Crippen MR) is 99.5 cm³/mol. The fourth-order valence-electron chi connectivity index (χ4n) is 3.22. The maximum Gasteiger partial charge on any atom is 0.269 e. The number of nitrogens with zero attached hydrogens (tertiary/aromatic N) is 3. The fraction of sp³-hybridized carbons (Fsp3) is 0.353. The number of hydrogen-bond donors (Lipinski definition) is 2. The van der Waals surface area contributed by atoms with E-state index in [0.717, 1.165) is 17.0 Å². The van der Waals surface area contributed by atoms with Crippen LogP contribution in [0.1, 0.15) is 34.2 Å². The lowest BCUT2D eigenvalue weighted by Crippen LogP contribution is -2.34. The van der Waals surface area contributed by atoms with Crippen LogP contribution in [0, 0.1) is 13.8 Å². The molecule has 1 aromatic carbocycles. The summed E-state index contributed by atoms with van der Waals surface area (Å²) in [7, 11) is -3.35. The second-order valence-electron chi connectivity index (χ2n) is 6.51. The molecule has 1 aliphatic rings. The molecule has 0 radical (unpaired) electrons. The number of hydrogen-bond acceptors (Lipinski definition) is 6. The van der Waals surface area contributed by atoms with Crippen LogP contribution < -0.4 is 15.2 Å². The number of carbonyl (C=O) groups excluding carboxylic acids is 1. The summed E-state index contributed by atoms with van der Waals surface area (Å²) in [5.41, 5.74) is 8.75. The lowest BCUT2D eigenvalue weighted by atomic mass is 10.1. The van der Waals surface area contributed by atoms with Gasteiger partial charge in [0.05, 0.1) is 11.9 Å². The average Bonchev–Trinajstić information content (AvgIpc) is 2.86. The number of anilines is 2. The Labute approximate surface area is 152 Å². The topological polar surface area (TPSA) is 104 Å². The fourth-order valence-corrected chi connectivity index (χ4v) is 4.48. The van der Waals surface area contributed by atoms with Gasteiger partial charge in [0.2, 0.25) is 16.0 Å². The van der Waals surface area contributed by atoms with E-state index >= 15 is 0 Å². The van der Waals surface area contributed by atoms with Gasteiger partial charge in [0, 0.05) is 23.0 Å². The Morgan fingerprint density at radius 3 is 2.46 bits per heavy atom. The highest BCUT2D eigenvalue weighted by molar-refractivity contribution is 7.92. The molecule has 0 unspecified atom stereocenters. The minimum absolute atomic E-state index is 0.167. The zero-order valence-corrected chi connectivity index (χ0v) is 15.9. The van der Waals surface area contributed by atoms with E-state index in [1.807, 2.05) is 26.8 Å². The maximum atomic E-state index is 12.4. The molecule has 0 spiro atoms. The maximum absolute atomic E-state index is 12.4. The van der Waals surface area contributed by atoms with E-state index in [4.69, 9.17) is 0 Å². The summed E-state index contributed by atoms with van der Waals surface area (Å²) in [6, 6.07) is 6.66. The van der Waals surface area contributed by atoms with Crippen LogP contribution in [-0.4, -0.2) is 36.6 Å². The SMILES string of the molecule is Cc1cc(C)nc(NNC(=O)c2ccc3c(c2)C[C@@H](C)N3S(C)(=O)=O)n1. The van der Waals surface area contributed by atoms with E-state index in [-0.39, 0.29) is 11.9 Å². The first kappa shape index (κ1) is 18.1. The molecule has 1 amide bonds. The molecule has 26 heavy (non-hydrogen) atoms. The van der Waals surface area contributed by atoms with Crippen molar-refractivity contribution in [1.29, 1.82) is 0 Å². The molecule has 0 bridgehead atoms. The molecule has 8 nitrogen and oxygen atoms in total. The molecule has 0 saturated heterocycles.